The molecule has 1 aromatic rings. The minimum absolute atomic E-state index is 0.164. The van der Waals surface area contributed by atoms with Crippen LogP contribution in [0.4, 0.5) is 0 Å². The lowest BCUT2D eigenvalue weighted by atomic mass is 10.3. The molecule has 0 saturated carbocycles. The van der Waals surface area contributed by atoms with E-state index in [9.17, 15) is 4.79 Å². The molecule has 0 amide bonds. The molecule has 0 aliphatic carbocycles. The summed E-state index contributed by atoms with van der Waals surface area (Å²) >= 11 is 0. The van der Waals surface area contributed by atoms with Gasteiger partial charge in [-0.15, -0.1) is 0 Å². The Balaban J connectivity index is 2.45. The van der Waals surface area contributed by atoms with Crippen molar-refractivity contribution in [2.24, 2.45) is 0 Å². The van der Waals surface area contributed by atoms with Crippen LogP contribution in [0, 0.1) is 6.92 Å². The van der Waals surface area contributed by atoms with Gasteiger partial charge in [-0.25, -0.2) is 0 Å². The van der Waals surface area contributed by atoms with Gasteiger partial charge in [-0.3, -0.25) is 14.4 Å². The van der Waals surface area contributed by atoms with Gasteiger partial charge in [-0.05, 0) is 33.3 Å². The summed E-state index contributed by atoms with van der Waals surface area (Å²) in [6.45, 7) is 10.3. The van der Waals surface area contributed by atoms with E-state index < -0.39 is 0 Å². The molecule has 5 nitrogen and oxygen atoms in total. The Hall–Kier alpha value is -1.36. The van der Waals surface area contributed by atoms with Crippen molar-refractivity contribution in [2.75, 3.05) is 19.7 Å². The highest BCUT2D eigenvalue weighted by atomic mass is 16.5. The molecule has 1 aromatic heterocycles. The Labute approximate surface area is 109 Å². The van der Waals surface area contributed by atoms with Crippen LogP contribution in [0.25, 0.3) is 0 Å². The predicted octanol–water partition coefficient (Wildman–Crippen LogP) is 1.47. The first kappa shape index (κ1) is 14.7. The van der Waals surface area contributed by atoms with Crippen molar-refractivity contribution >= 4 is 5.97 Å². The van der Waals surface area contributed by atoms with Crippen molar-refractivity contribution in [3.63, 3.8) is 0 Å². The maximum absolute atomic E-state index is 11.5. The fourth-order valence-electron chi connectivity index (χ4n) is 1.71. The molecule has 1 rings (SSSR count). The molecule has 0 fully saturated rings. The van der Waals surface area contributed by atoms with E-state index in [2.05, 4.69) is 23.8 Å². The third kappa shape index (κ3) is 4.87. The normalized spacial score (nSPS) is 11.2. The van der Waals surface area contributed by atoms with Crippen molar-refractivity contribution in [1.29, 1.82) is 0 Å². The molecule has 0 aliphatic rings. The van der Waals surface area contributed by atoms with Crippen molar-refractivity contribution in [3.8, 4) is 0 Å². The number of aryl methyl sites for hydroxylation is 1. The number of hydrogen-bond donors (Lipinski definition) is 0. The largest absolute Gasteiger partial charge is 0.465 e. The molecule has 0 N–H and O–H groups in total. The zero-order valence-electron chi connectivity index (χ0n) is 11.7. The van der Waals surface area contributed by atoms with E-state index in [1.54, 1.807) is 0 Å². The van der Waals surface area contributed by atoms with E-state index in [1.165, 1.54) is 0 Å². The second kappa shape index (κ2) is 7.16. The molecule has 18 heavy (non-hydrogen) atoms. The molecule has 0 atom stereocenters. The quantitative estimate of drug-likeness (QED) is 0.690. The van der Waals surface area contributed by atoms with Gasteiger partial charge in [0.05, 0.1) is 25.9 Å². The van der Waals surface area contributed by atoms with Crippen LogP contribution in [-0.4, -0.2) is 46.4 Å². The van der Waals surface area contributed by atoms with Crippen molar-refractivity contribution < 1.29 is 9.53 Å². The first-order valence-electron chi connectivity index (χ1n) is 6.41. The number of esters is 1. The van der Waals surface area contributed by atoms with E-state index in [4.69, 9.17) is 4.74 Å². The summed E-state index contributed by atoms with van der Waals surface area (Å²) < 4.78 is 6.87. The zero-order valence-corrected chi connectivity index (χ0v) is 11.7. The van der Waals surface area contributed by atoms with Gasteiger partial charge >= 0.3 is 5.97 Å². The zero-order chi connectivity index (χ0) is 13.5. The average Bonchev–Trinajstić information content (AvgIpc) is 2.70. The summed E-state index contributed by atoms with van der Waals surface area (Å²) in [4.78, 5) is 13.6. The smallest absolute Gasteiger partial charge is 0.320 e. The standard InChI is InChI=1S/C13H23N3O2/c1-5-18-13(17)10-15(11(2)3)6-7-16-9-12(4)8-14-16/h8-9,11H,5-7,10H2,1-4H3. The summed E-state index contributed by atoms with van der Waals surface area (Å²) in [5.41, 5.74) is 1.15. The summed E-state index contributed by atoms with van der Waals surface area (Å²) in [7, 11) is 0. The van der Waals surface area contributed by atoms with Crippen molar-refractivity contribution in [1.82, 2.24) is 14.7 Å². The van der Waals surface area contributed by atoms with Gasteiger partial charge in [-0.1, -0.05) is 0 Å². The van der Waals surface area contributed by atoms with E-state index in [1.807, 2.05) is 30.9 Å². The molecule has 102 valence electrons. The Kier molecular flexibility index (Phi) is 5.85. The minimum atomic E-state index is -0.164. The van der Waals surface area contributed by atoms with Crippen molar-refractivity contribution in [3.05, 3.63) is 18.0 Å². The lowest BCUT2D eigenvalue weighted by molar-refractivity contribution is -0.144. The molecule has 5 heteroatoms. The Bertz CT molecular complexity index is 374. The minimum Gasteiger partial charge on any atom is -0.465 e. The maximum atomic E-state index is 11.5. The lowest BCUT2D eigenvalue weighted by Crippen LogP contribution is -2.38. The van der Waals surface area contributed by atoms with E-state index in [0.717, 1.165) is 18.7 Å². The van der Waals surface area contributed by atoms with Gasteiger partial charge in [0.25, 0.3) is 0 Å². The molecule has 0 saturated heterocycles. The molecule has 0 aliphatic heterocycles. The second-order valence-corrected chi connectivity index (χ2v) is 4.65. The molecule has 0 aromatic carbocycles. The molecule has 0 bridgehead atoms. The van der Waals surface area contributed by atoms with Crippen LogP contribution in [0.15, 0.2) is 12.4 Å². The summed E-state index contributed by atoms with van der Waals surface area (Å²) in [6.07, 6.45) is 3.84. The van der Waals surface area contributed by atoms with E-state index in [-0.39, 0.29) is 5.97 Å². The van der Waals surface area contributed by atoms with Crippen LogP contribution in [0.1, 0.15) is 26.3 Å². The third-order valence-corrected chi connectivity index (χ3v) is 2.75. The highest BCUT2D eigenvalue weighted by Crippen LogP contribution is 2.01. The second-order valence-electron chi connectivity index (χ2n) is 4.65. The first-order chi connectivity index (χ1) is 8.52. The predicted molar refractivity (Wildman–Crippen MR) is 70.3 cm³/mol. The number of rotatable bonds is 7. The fourth-order valence-corrected chi connectivity index (χ4v) is 1.71. The van der Waals surface area contributed by atoms with Crippen LogP contribution in [0.3, 0.4) is 0 Å². The molecule has 1 heterocycles. The lowest BCUT2D eigenvalue weighted by Gasteiger charge is -2.25. The molecule has 0 radical (unpaired) electrons. The topological polar surface area (TPSA) is 47.4 Å². The highest BCUT2D eigenvalue weighted by molar-refractivity contribution is 5.71. The average molecular weight is 253 g/mol. The molecule has 0 unspecified atom stereocenters. The molecular formula is C13H23N3O2. The number of nitrogens with zero attached hydrogens (tertiary/aromatic N) is 3. The Morgan fingerprint density at radius 3 is 2.78 bits per heavy atom. The van der Waals surface area contributed by atoms with Crippen LogP contribution in [0.5, 0.6) is 0 Å². The Morgan fingerprint density at radius 2 is 2.28 bits per heavy atom. The maximum Gasteiger partial charge on any atom is 0.320 e. The number of carbonyl (C=O) groups excluding carboxylic acids is 1. The van der Waals surface area contributed by atoms with E-state index in [0.29, 0.717) is 19.2 Å². The van der Waals surface area contributed by atoms with Gasteiger partial charge in [0.1, 0.15) is 0 Å². The fraction of sp³-hybridized carbons (Fsp3) is 0.692. The first-order valence-corrected chi connectivity index (χ1v) is 6.41. The van der Waals surface area contributed by atoms with Gasteiger partial charge < -0.3 is 4.74 Å². The number of aromatic nitrogens is 2. The van der Waals surface area contributed by atoms with Crippen LogP contribution in [0.2, 0.25) is 0 Å². The van der Waals surface area contributed by atoms with Crippen LogP contribution >= 0.6 is 0 Å². The van der Waals surface area contributed by atoms with Crippen LogP contribution < -0.4 is 0 Å². The van der Waals surface area contributed by atoms with Gasteiger partial charge in [0.2, 0.25) is 0 Å². The Morgan fingerprint density at radius 1 is 1.56 bits per heavy atom. The number of hydrogen-bond acceptors (Lipinski definition) is 4. The van der Waals surface area contributed by atoms with Gasteiger partial charge in [0, 0.05) is 18.8 Å². The van der Waals surface area contributed by atoms with Gasteiger partial charge in [0.15, 0.2) is 0 Å². The number of carbonyl (C=O) groups is 1. The molecule has 0 spiro atoms. The van der Waals surface area contributed by atoms with Gasteiger partial charge in [-0.2, -0.15) is 5.10 Å². The SMILES string of the molecule is CCOC(=O)CN(CCn1cc(C)cn1)C(C)C. The summed E-state index contributed by atoms with van der Waals surface area (Å²) in [6, 6.07) is 0.311. The monoisotopic (exact) mass is 253 g/mol. The highest BCUT2D eigenvalue weighted by Gasteiger charge is 2.14. The van der Waals surface area contributed by atoms with E-state index >= 15 is 0 Å². The van der Waals surface area contributed by atoms with Crippen molar-refractivity contribution in [2.45, 2.75) is 40.3 Å². The summed E-state index contributed by atoms with van der Waals surface area (Å²) in [5, 5.41) is 4.24. The van der Waals surface area contributed by atoms with Crippen LogP contribution in [-0.2, 0) is 16.1 Å². The summed E-state index contributed by atoms with van der Waals surface area (Å²) in [5.74, 6) is -0.164. The molecular weight excluding hydrogens is 230 g/mol. The third-order valence-electron chi connectivity index (χ3n) is 2.75. The number of ether oxygens (including phenoxy) is 1.